The molecule has 0 aliphatic heterocycles. The molecule has 0 saturated carbocycles. The number of hydrogen-bond donors (Lipinski definition) is 0. The van der Waals surface area contributed by atoms with Gasteiger partial charge in [0.05, 0.1) is 12.0 Å². The Balaban J connectivity index is 2.41. The fourth-order valence-corrected chi connectivity index (χ4v) is 1.19. The molecule has 0 spiro atoms. The zero-order valence-corrected chi connectivity index (χ0v) is 7.21. The Kier molecular flexibility index (Phi) is 2.02. The first-order valence-corrected chi connectivity index (χ1v) is 4.03. The average molecular weight is 189 g/mol. The van der Waals surface area contributed by atoms with E-state index in [1.807, 2.05) is 0 Å². The minimum absolute atomic E-state index is 0.212. The van der Waals surface area contributed by atoms with E-state index in [0.29, 0.717) is 12.0 Å². The van der Waals surface area contributed by atoms with Crippen molar-refractivity contribution in [3.63, 3.8) is 0 Å². The number of nitrogens with zero attached hydrogens (tertiary/aromatic N) is 1. The second-order valence-electron chi connectivity index (χ2n) is 2.70. The van der Waals surface area contributed by atoms with Gasteiger partial charge in [-0.2, -0.15) is 0 Å². The van der Waals surface area contributed by atoms with E-state index in [-0.39, 0.29) is 11.7 Å². The predicted molar refractivity (Wildman–Crippen MR) is 48.3 cm³/mol. The van der Waals surface area contributed by atoms with Gasteiger partial charge in [0.1, 0.15) is 0 Å². The number of carbonyl (C=O) groups excluding carboxylic acids is 2. The molecule has 0 amide bonds. The lowest BCUT2D eigenvalue weighted by molar-refractivity contribution is 0.0921. The van der Waals surface area contributed by atoms with E-state index in [0.717, 1.165) is 0 Å². The average Bonchev–Trinajstić information content (AvgIpc) is 2.87. The lowest BCUT2D eigenvalue weighted by Crippen LogP contribution is -2.12. The third-order valence-electron chi connectivity index (χ3n) is 1.85. The van der Waals surface area contributed by atoms with Crippen molar-refractivity contribution in [1.82, 2.24) is 4.57 Å². The van der Waals surface area contributed by atoms with Crippen LogP contribution in [0.25, 0.3) is 0 Å². The smallest absolute Gasteiger partial charge is 0.298 e. The zero-order chi connectivity index (χ0) is 9.97. The number of carbonyl (C=O) groups is 2. The standard InChI is InChI=1S/C10H7NO3/c12-7-8-3-1-5-11(8)10(13)9-4-2-6-14-9/h1-7H. The van der Waals surface area contributed by atoms with Crippen LogP contribution in [0, 0.1) is 0 Å². The zero-order valence-electron chi connectivity index (χ0n) is 7.21. The summed E-state index contributed by atoms with van der Waals surface area (Å²) in [6.07, 6.45) is 3.56. The molecule has 0 unspecified atom stereocenters. The molecule has 0 aliphatic rings. The highest BCUT2D eigenvalue weighted by atomic mass is 16.3. The molecule has 0 saturated heterocycles. The SMILES string of the molecule is O=Cc1cccn1C(=O)c1ccco1. The molecule has 0 aliphatic carbocycles. The molecule has 0 atom stereocenters. The Labute approximate surface area is 79.8 Å². The van der Waals surface area contributed by atoms with Gasteiger partial charge in [-0.15, -0.1) is 0 Å². The lowest BCUT2D eigenvalue weighted by atomic mass is 10.4. The fraction of sp³-hybridized carbons (Fsp3) is 0. The molecule has 2 aromatic heterocycles. The van der Waals surface area contributed by atoms with Crippen LogP contribution in [0.15, 0.2) is 41.1 Å². The van der Waals surface area contributed by atoms with Crippen LogP contribution in [0.1, 0.15) is 21.0 Å². The van der Waals surface area contributed by atoms with Crippen molar-refractivity contribution in [2.45, 2.75) is 0 Å². The van der Waals surface area contributed by atoms with Crippen LogP contribution < -0.4 is 0 Å². The summed E-state index contributed by atoms with van der Waals surface area (Å²) in [6.45, 7) is 0. The number of furan rings is 1. The highest BCUT2D eigenvalue weighted by molar-refractivity contribution is 5.96. The molecular weight excluding hydrogens is 182 g/mol. The molecule has 0 fully saturated rings. The number of aromatic nitrogens is 1. The first kappa shape index (κ1) is 8.50. The molecule has 70 valence electrons. The van der Waals surface area contributed by atoms with Gasteiger partial charge in [-0.3, -0.25) is 14.2 Å². The summed E-state index contributed by atoms with van der Waals surface area (Å²) in [6, 6.07) is 6.37. The van der Waals surface area contributed by atoms with Gasteiger partial charge in [-0.25, -0.2) is 0 Å². The number of aldehydes is 1. The Morgan fingerprint density at radius 3 is 2.86 bits per heavy atom. The van der Waals surface area contributed by atoms with Crippen LogP contribution in [-0.2, 0) is 0 Å². The van der Waals surface area contributed by atoms with Crippen molar-refractivity contribution in [1.29, 1.82) is 0 Å². The molecule has 0 bridgehead atoms. The maximum Gasteiger partial charge on any atom is 0.298 e. The predicted octanol–water partition coefficient (Wildman–Crippen LogP) is 1.58. The van der Waals surface area contributed by atoms with E-state index in [1.54, 1.807) is 24.3 Å². The summed E-state index contributed by atoms with van der Waals surface area (Å²) in [5.74, 6) is -0.133. The van der Waals surface area contributed by atoms with Crippen molar-refractivity contribution in [2.75, 3.05) is 0 Å². The van der Waals surface area contributed by atoms with Crippen molar-refractivity contribution < 1.29 is 14.0 Å². The fourth-order valence-electron chi connectivity index (χ4n) is 1.19. The first-order valence-electron chi connectivity index (χ1n) is 4.03. The van der Waals surface area contributed by atoms with E-state index in [4.69, 9.17) is 4.42 Å². The quantitative estimate of drug-likeness (QED) is 0.674. The Bertz CT molecular complexity index is 453. The Morgan fingerprint density at radius 2 is 2.21 bits per heavy atom. The van der Waals surface area contributed by atoms with E-state index < -0.39 is 0 Å². The minimum Gasteiger partial charge on any atom is -0.459 e. The van der Waals surface area contributed by atoms with E-state index >= 15 is 0 Å². The summed E-state index contributed by atoms with van der Waals surface area (Å²) in [5.41, 5.74) is 0.311. The molecule has 0 aromatic carbocycles. The molecular formula is C10H7NO3. The largest absolute Gasteiger partial charge is 0.459 e. The van der Waals surface area contributed by atoms with Gasteiger partial charge in [-0.1, -0.05) is 0 Å². The second kappa shape index (κ2) is 3.33. The van der Waals surface area contributed by atoms with E-state index in [9.17, 15) is 9.59 Å². The summed E-state index contributed by atoms with van der Waals surface area (Å²) >= 11 is 0. The summed E-state index contributed by atoms with van der Waals surface area (Å²) in [4.78, 5) is 22.2. The van der Waals surface area contributed by atoms with Gasteiger partial charge in [-0.05, 0) is 24.3 Å². The molecule has 0 radical (unpaired) electrons. The topological polar surface area (TPSA) is 52.2 Å². The lowest BCUT2D eigenvalue weighted by Gasteiger charge is -1.99. The van der Waals surface area contributed by atoms with Crippen molar-refractivity contribution in [2.24, 2.45) is 0 Å². The van der Waals surface area contributed by atoms with Crippen LogP contribution in [-0.4, -0.2) is 16.8 Å². The van der Waals surface area contributed by atoms with Crippen LogP contribution in [0.2, 0.25) is 0 Å². The molecule has 2 heterocycles. The summed E-state index contributed by atoms with van der Waals surface area (Å²) < 4.78 is 6.17. The Morgan fingerprint density at radius 1 is 1.36 bits per heavy atom. The third kappa shape index (κ3) is 1.26. The minimum atomic E-state index is -0.345. The van der Waals surface area contributed by atoms with Gasteiger partial charge in [0.15, 0.2) is 12.0 Å². The maximum atomic E-state index is 11.7. The van der Waals surface area contributed by atoms with Crippen LogP contribution in [0.4, 0.5) is 0 Å². The molecule has 2 rings (SSSR count). The van der Waals surface area contributed by atoms with Crippen LogP contribution in [0.5, 0.6) is 0 Å². The number of hydrogen-bond acceptors (Lipinski definition) is 3. The van der Waals surface area contributed by atoms with E-state index in [2.05, 4.69) is 0 Å². The molecule has 4 heteroatoms. The summed E-state index contributed by atoms with van der Waals surface area (Å²) in [7, 11) is 0. The van der Waals surface area contributed by atoms with Crippen LogP contribution >= 0.6 is 0 Å². The third-order valence-corrected chi connectivity index (χ3v) is 1.85. The normalized spacial score (nSPS) is 10.0. The molecule has 0 N–H and O–H groups in total. The first-order chi connectivity index (χ1) is 6.83. The van der Waals surface area contributed by atoms with Gasteiger partial charge < -0.3 is 4.42 Å². The highest BCUT2D eigenvalue weighted by Crippen LogP contribution is 2.06. The molecule has 4 nitrogen and oxygen atoms in total. The second-order valence-corrected chi connectivity index (χ2v) is 2.70. The molecule has 2 aromatic rings. The van der Waals surface area contributed by atoms with Crippen molar-refractivity contribution >= 4 is 12.2 Å². The monoisotopic (exact) mass is 189 g/mol. The maximum absolute atomic E-state index is 11.7. The van der Waals surface area contributed by atoms with Gasteiger partial charge >= 0.3 is 0 Å². The van der Waals surface area contributed by atoms with Crippen molar-refractivity contribution in [3.8, 4) is 0 Å². The summed E-state index contributed by atoms with van der Waals surface area (Å²) in [5, 5.41) is 0. The van der Waals surface area contributed by atoms with E-state index in [1.165, 1.54) is 17.0 Å². The van der Waals surface area contributed by atoms with Gasteiger partial charge in [0, 0.05) is 6.20 Å². The van der Waals surface area contributed by atoms with Gasteiger partial charge in [0.25, 0.3) is 5.91 Å². The molecule has 14 heavy (non-hydrogen) atoms. The number of rotatable bonds is 2. The van der Waals surface area contributed by atoms with Crippen molar-refractivity contribution in [3.05, 3.63) is 48.2 Å². The Hall–Kier alpha value is -2.10. The van der Waals surface area contributed by atoms with Gasteiger partial charge in [0.2, 0.25) is 0 Å². The van der Waals surface area contributed by atoms with Crippen LogP contribution in [0.3, 0.4) is 0 Å². The highest BCUT2D eigenvalue weighted by Gasteiger charge is 2.13.